The Morgan fingerprint density at radius 1 is 1.16 bits per heavy atom. The maximum absolute atomic E-state index is 11.7. The lowest BCUT2D eigenvalue weighted by Crippen LogP contribution is -2.34. The normalized spacial score (nSPS) is 15.7. The van der Waals surface area contributed by atoms with Crippen LogP contribution in [0.25, 0.3) is 0 Å². The monoisotopic (exact) mass is 385 g/mol. The summed E-state index contributed by atoms with van der Waals surface area (Å²) in [6.07, 6.45) is 0.372. The Labute approximate surface area is 145 Å². The van der Waals surface area contributed by atoms with E-state index in [0.29, 0.717) is 6.42 Å². The Hall–Kier alpha value is -1.52. The van der Waals surface area contributed by atoms with Gasteiger partial charge in [0.2, 0.25) is 0 Å². The van der Waals surface area contributed by atoms with Crippen molar-refractivity contribution in [2.24, 2.45) is 5.73 Å². The highest BCUT2D eigenvalue weighted by atomic mass is 31.2. The molecule has 0 aliphatic heterocycles. The molecule has 0 fully saturated rings. The minimum absolute atomic E-state index is 0.133. The van der Waals surface area contributed by atoms with E-state index in [1.165, 1.54) is 0 Å². The van der Waals surface area contributed by atoms with E-state index in [0.717, 1.165) is 13.3 Å². The molecule has 0 aliphatic rings. The SMILES string of the molecule is CCCCC(=O)OC(COC(C)=O)COP(=O)(O)OCC(N)C(=O)O. The summed E-state index contributed by atoms with van der Waals surface area (Å²) in [4.78, 5) is 42.4. The molecular weight excluding hydrogens is 361 g/mol. The fourth-order valence-corrected chi connectivity index (χ4v) is 2.13. The van der Waals surface area contributed by atoms with Crippen LogP contribution in [-0.2, 0) is 37.5 Å². The third-order valence-corrected chi connectivity index (χ3v) is 3.61. The first-order valence-corrected chi connectivity index (χ1v) is 9.00. The molecule has 0 spiro atoms. The van der Waals surface area contributed by atoms with Crippen molar-refractivity contribution in [3.8, 4) is 0 Å². The number of rotatable bonds is 13. The summed E-state index contributed by atoms with van der Waals surface area (Å²) >= 11 is 0. The van der Waals surface area contributed by atoms with Crippen molar-refractivity contribution in [3.63, 3.8) is 0 Å². The summed E-state index contributed by atoms with van der Waals surface area (Å²) in [6, 6.07) is -1.51. The van der Waals surface area contributed by atoms with Crippen molar-refractivity contribution in [3.05, 3.63) is 0 Å². The molecule has 3 unspecified atom stereocenters. The van der Waals surface area contributed by atoms with Crippen LogP contribution in [0.15, 0.2) is 0 Å². The largest absolute Gasteiger partial charge is 0.480 e. The molecule has 0 aliphatic carbocycles. The van der Waals surface area contributed by atoms with Gasteiger partial charge in [0.15, 0.2) is 6.10 Å². The second-order valence-corrected chi connectivity index (χ2v) is 6.48. The number of phosphoric acid groups is 1. The third-order valence-electron chi connectivity index (χ3n) is 2.66. The summed E-state index contributed by atoms with van der Waals surface area (Å²) in [7, 11) is -4.63. The van der Waals surface area contributed by atoms with E-state index in [9.17, 15) is 23.8 Å². The van der Waals surface area contributed by atoms with Crippen molar-refractivity contribution in [2.45, 2.75) is 45.3 Å². The minimum atomic E-state index is -4.63. The van der Waals surface area contributed by atoms with Gasteiger partial charge in [-0.05, 0) is 6.42 Å². The number of carbonyl (C=O) groups is 3. The van der Waals surface area contributed by atoms with Crippen LogP contribution in [-0.4, -0.2) is 59.9 Å². The molecule has 12 heteroatoms. The second-order valence-electron chi connectivity index (χ2n) is 5.02. The van der Waals surface area contributed by atoms with Crippen molar-refractivity contribution < 1.29 is 47.5 Å². The predicted octanol–water partition coefficient (Wildman–Crippen LogP) is 0.197. The van der Waals surface area contributed by atoms with Crippen LogP contribution < -0.4 is 5.73 Å². The number of nitrogens with two attached hydrogens (primary N) is 1. The lowest BCUT2D eigenvalue weighted by Gasteiger charge is -2.19. The molecule has 0 aromatic carbocycles. The van der Waals surface area contributed by atoms with Crippen molar-refractivity contribution in [2.75, 3.05) is 19.8 Å². The number of hydrogen-bond acceptors (Lipinski definition) is 9. The number of carbonyl (C=O) groups excluding carboxylic acids is 2. The van der Waals surface area contributed by atoms with Crippen LogP contribution in [0, 0.1) is 0 Å². The molecule has 0 aromatic heterocycles. The molecule has 0 saturated carbocycles. The quantitative estimate of drug-likeness (QED) is 0.292. The molecule has 146 valence electrons. The smallest absolute Gasteiger partial charge is 0.472 e. The molecule has 0 aromatic rings. The summed E-state index contributed by atoms with van der Waals surface area (Å²) in [6.45, 7) is 1.30. The number of unbranched alkanes of at least 4 members (excludes halogenated alkanes) is 1. The maximum Gasteiger partial charge on any atom is 0.472 e. The zero-order valence-electron chi connectivity index (χ0n) is 14.1. The number of esters is 2. The molecule has 25 heavy (non-hydrogen) atoms. The Morgan fingerprint density at radius 3 is 2.28 bits per heavy atom. The van der Waals surface area contributed by atoms with Crippen molar-refractivity contribution in [1.82, 2.24) is 0 Å². The fraction of sp³-hybridized carbons (Fsp3) is 0.769. The van der Waals surface area contributed by atoms with Gasteiger partial charge >= 0.3 is 25.7 Å². The van der Waals surface area contributed by atoms with Crippen LogP contribution in [0.1, 0.15) is 33.1 Å². The van der Waals surface area contributed by atoms with Crippen molar-refractivity contribution in [1.29, 1.82) is 0 Å². The molecule has 0 amide bonds. The van der Waals surface area contributed by atoms with Crippen LogP contribution in [0.5, 0.6) is 0 Å². The van der Waals surface area contributed by atoms with Gasteiger partial charge in [0.1, 0.15) is 12.6 Å². The van der Waals surface area contributed by atoms with E-state index in [1.54, 1.807) is 0 Å². The van der Waals surface area contributed by atoms with E-state index in [4.69, 9.17) is 20.3 Å². The van der Waals surface area contributed by atoms with Gasteiger partial charge in [0, 0.05) is 13.3 Å². The third kappa shape index (κ3) is 12.5. The van der Waals surface area contributed by atoms with Gasteiger partial charge in [0.05, 0.1) is 13.2 Å². The van der Waals surface area contributed by atoms with Crippen LogP contribution in [0.4, 0.5) is 0 Å². The highest BCUT2D eigenvalue weighted by Crippen LogP contribution is 2.43. The molecule has 0 rings (SSSR count). The van der Waals surface area contributed by atoms with Gasteiger partial charge in [0.25, 0.3) is 0 Å². The lowest BCUT2D eigenvalue weighted by atomic mass is 10.2. The van der Waals surface area contributed by atoms with E-state index < -0.39 is 51.1 Å². The van der Waals surface area contributed by atoms with E-state index in [2.05, 4.69) is 9.05 Å². The van der Waals surface area contributed by atoms with Crippen molar-refractivity contribution >= 4 is 25.7 Å². The number of phosphoric ester groups is 1. The number of carboxylic acids is 1. The van der Waals surface area contributed by atoms with E-state index in [-0.39, 0.29) is 13.0 Å². The Bertz CT molecular complexity index is 497. The molecule has 3 atom stereocenters. The van der Waals surface area contributed by atoms with Gasteiger partial charge < -0.3 is 25.2 Å². The topological polar surface area (TPSA) is 172 Å². The molecule has 11 nitrogen and oxygen atoms in total. The molecule has 0 radical (unpaired) electrons. The zero-order chi connectivity index (χ0) is 19.5. The highest BCUT2D eigenvalue weighted by molar-refractivity contribution is 7.47. The molecule has 4 N–H and O–H groups in total. The first-order valence-electron chi connectivity index (χ1n) is 7.50. The van der Waals surface area contributed by atoms with E-state index in [1.807, 2.05) is 6.92 Å². The lowest BCUT2D eigenvalue weighted by molar-refractivity contribution is -0.160. The summed E-state index contributed by atoms with van der Waals surface area (Å²) in [5.41, 5.74) is 5.13. The van der Waals surface area contributed by atoms with Gasteiger partial charge in [-0.15, -0.1) is 0 Å². The fourth-order valence-electron chi connectivity index (χ4n) is 1.35. The van der Waals surface area contributed by atoms with E-state index >= 15 is 0 Å². The summed E-state index contributed by atoms with van der Waals surface area (Å²) in [5.74, 6) is -2.63. The Morgan fingerprint density at radius 2 is 1.76 bits per heavy atom. The Kier molecular flexibility index (Phi) is 11.2. The minimum Gasteiger partial charge on any atom is -0.480 e. The van der Waals surface area contributed by atoms with Crippen LogP contribution in [0.2, 0.25) is 0 Å². The number of aliphatic carboxylic acids is 1. The molecular formula is C13H24NO10P. The second kappa shape index (κ2) is 11.9. The van der Waals surface area contributed by atoms with Crippen LogP contribution >= 0.6 is 7.82 Å². The molecule has 0 bridgehead atoms. The van der Waals surface area contributed by atoms with Gasteiger partial charge in [-0.1, -0.05) is 13.3 Å². The average molecular weight is 385 g/mol. The molecule has 0 saturated heterocycles. The standard InChI is InChI=1S/C13H24NO10P/c1-3-4-5-12(16)24-10(6-21-9(2)15)7-22-25(19,20)23-8-11(14)13(17)18/h10-11H,3-8,14H2,1-2H3,(H,17,18)(H,19,20). The predicted molar refractivity (Wildman–Crippen MR) is 83.4 cm³/mol. The van der Waals surface area contributed by atoms with Crippen LogP contribution in [0.3, 0.4) is 0 Å². The maximum atomic E-state index is 11.7. The summed E-state index contributed by atoms with van der Waals surface area (Å²) < 4.78 is 30.4. The van der Waals surface area contributed by atoms with Gasteiger partial charge in [-0.25, -0.2) is 4.57 Å². The number of carboxylic acid groups (broad SMARTS) is 1. The average Bonchev–Trinajstić information content (AvgIpc) is 2.53. The highest BCUT2D eigenvalue weighted by Gasteiger charge is 2.27. The Balaban J connectivity index is 4.55. The zero-order valence-corrected chi connectivity index (χ0v) is 15.0. The number of ether oxygens (including phenoxy) is 2. The summed E-state index contributed by atoms with van der Waals surface area (Å²) in [5, 5.41) is 8.57. The first-order chi connectivity index (χ1) is 11.6. The van der Waals surface area contributed by atoms with Gasteiger partial charge in [-0.2, -0.15) is 0 Å². The number of hydrogen-bond donors (Lipinski definition) is 3. The van der Waals surface area contributed by atoms with Gasteiger partial charge in [-0.3, -0.25) is 23.4 Å². The molecule has 0 heterocycles. The first kappa shape index (κ1) is 23.5.